The molecule has 1 aromatic carbocycles. The van der Waals surface area contributed by atoms with E-state index in [1.54, 1.807) is 52.6 Å². The number of aldehydes is 1. The van der Waals surface area contributed by atoms with E-state index in [0.29, 0.717) is 36.4 Å². The first-order valence-electron chi connectivity index (χ1n) is 15.7. The van der Waals surface area contributed by atoms with Gasteiger partial charge < -0.3 is 23.6 Å². The number of nitrogens with one attached hydrogen (secondary N) is 2. The molecule has 2 N–H and O–H groups in total. The molecular weight excluding hydrogens is 618 g/mol. The van der Waals surface area contributed by atoms with Crippen molar-refractivity contribution in [1.82, 2.24) is 20.5 Å². The zero-order valence-electron chi connectivity index (χ0n) is 28.4. The fraction of sp³-hybridized carbons (Fsp3) is 0.429. The molecule has 13 heteroatoms. The van der Waals surface area contributed by atoms with E-state index in [-0.39, 0.29) is 24.2 Å². The first-order chi connectivity index (χ1) is 22.7. The third-order valence-electron chi connectivity index (χ3n) is 7.70. The molecule has 3 amide bonds. The second-order valence-electron chi connectivity index (χ2n) is 13.0. The third kappa shape index (κ3) is 9.06. The summed E-state index contributed by atoms with van der Waals surface area (Å²) in [6.45, 7) is 10.4. The number of carbonyl (C=O) groups is 5. The zero-order chi connectivity index (χ0) is 35.2. The lowest BCUT2D eigenvalue weighted by molar-refractivity contribution is -0.148. The molecule has 1 aliphatic heterocycles. The van der Waals surface area contributed by atoms with Crippen molar-refractivity contribution < 1.29 is 37.9 Å². The molecule has 13 nitrogen and oxygen atoms in total. The van der Waals surface area contributed by atoms with Gasteiger partial charge in [-0.3, -0.25) is 25.1 Å². The number of hydrogen-bond acceptors (Lipinski definition) is 10. The second kappa shape index (κ2) is 15.2. The van der Waals surface area contributed by atoms with E-state index < -0.39 is 36.6 Å². The highest BCUT2D eigenvalue weighted by atomic mass is 16.6. The van der Waals surface area contributed by atoms with Gasteiger partial charge in [0.2, 0.25) is 11.8 Å². The van der Waals surface area contributed by atoms with Crippen LogP contribution in [0.5, 0.6) is 0 Å². The summed E-state index contributed by atoms with van der Waals surface area (Å²) in [6.07, 6.45) is 3.49. The summed E-state index contributed by atoms with van der Waals surface area (Å²) in [4.78, 5) is 70.2. The standard InChI is InChI=1S/C35H43N5O8/c1-21(2)26(19-41)37-31(38-34(45)48-35(4,5)6)33(44)46-20-40-30(43)15-13-24-16-23(17-36-32(24)40)12-14-29(42)39(7)18-28-22(3)25-10-8-9-11-27(25)47-28/h8-12,14,16-17,19,21,26,31,37H,13,15,18,20H2,1-7H3,(H,38,45)/b14-12+/t26-,31-/m1/s1. The van der Waals surface area contributed by atoms with Gasteiger partial charge in [0.15, 0.2) is 12.9 Å². The Hall–Kier alpha value is -5.04. The van der Waals surface area contributed by atoms with Crippen LogP contribution in [0.1, 0.15) is 63.5 Å². The second-order valence-corrected chi connectivity index (χ2v) is 13.0. The Morgan fingerprint density at radius 3 is 2.56 bits per heavy atom. The number of likely N-dealkylation sites (N-methyl/N-ethyl adjacent to an activating group) is 1. The lowest BCUT2D eigenvalue weighted by atomic mass is 10.0. The molecular formula is C35H43N5O8. The van der Waals surface area contributed by atoms with Gasteiger partial charge in [-0.1, -0.05) is 32.0 Å². The Bertz CT molecular complexity index is 1710. The number of carbonyl (C=O) groups excluding carboxylic acids is 5. The van der Waals surface area contributed by atoms with Gasteiger partial charge in [0.1, 0.15) is 29.0 Å². The van der Waals surface area contributed by atoms with Crippen molar-refractivity contribution in [2.75, 3.05) is 18.7 Å². The number of anilines is 1. The molecule has 0 saturated carbocycles. The highest BCUT2D eigenvalue weighted by molar-refractivity contribution is 5.96. The average Bonchev–Trinajstić information content (AvgIpc) is 3.34. The van der Waals surface area contributed by atoms with Gasteiger partial charge in [-0.15, -0.1) is 0 Å². The van der Waals surface area contributed by atoms with Crippen LogP contribution in [0.3, 0.4) is 0 Å². The molecule has 48 heavy (non-hydrogen) atoms. The highest BCUT2D eigenvalue weighted by Crippen LogP contribution is 2.28. The van der Waals surface area contributed by atoms with Crippen LogP contribution in [0.2, 0.25) is 0 Å². The van der Waals surface area contributed by atoms with Gasteiger partial charge >= 0.3 is 12.1 Å². The number of esters is 1. The minimum Gasteiger partial charge on any atom is -0.459 e. The molecule has 2 atom stereocenters. The maximum atomic E-state index is 13.1. The van der Waals surface area contributed by atoms with Crippen molar-refractivity contribution in [2.45, 2.75) is 78.7 Å². The van der Waals surface area contributed by atoms with Crippen molar-refractivity contribution in [3.63, 3.8) is 0 Å². The van der Waals surface area contributed by atoms with E-state index in [0.717, 1.165) is 22.1 Å². The molecule has 0 fully saturated rings. The Labute approximate surface area is 279 Å². The fourth-order valence-electron chi connectivity index (χ4n) is 5.02. The molecule has 2 aromatic heterocycles. The van der Waals surface area contributed by atoms with E-state index >= 15 is 0 Å². The van der Waals surface area contributed by atoms with E-state index in [9.17, 15) is 24.0 Å². The molecule has 1 aliphatic rings. The molecule has 0 radical (unpaired) electrons. The minimum absolute atomic E-state index is 0.149. The van der Waals surface area contributed by atoms with Crippen LogP contribution in [0.15, 0.2) is 47.0 Å². The van der Waals surface area contributed by atoms with Gasteiger partial charge in [0, 0.05) is 36.7 Å². The third-order valence-corrected chi connectivity index (χ3v) is 7.70. The number of hydrogen-bond donors (Lipinski definition) is 2. The summed E-state index contributed by atoms with van der Waals surface area (Å²) in [6, 6.07) is 8.77. The molecule has 3 heterocycles. The molecule has 0 unspecified atom stereocenters. The normalized spacial score (nSPS) is 14.5. The molecule has 3 aromatic rings. The number of amides is 3. The Morgan fingerprint density at radius 2 is 1.90 bits per heavy atom. The molecule has 0 saturated heterocycles. The Balaban J connectivity index is 1.42. The summed E-state index contributed by atoms with van der Waals surface area (Å²) >= 11 is 0. The van der Waals surface area contributed by atoms with Gasteiger partial charge in [-0.25, -0.2) is 14.6 Å². The summed E-state index contributed by atoms with van der Waals surface area (Å²) in [5.41, 5.74) is 2.32. The van der Waals surface area contributed by atoms with Crippen molar-refractivity contribution in [3.8, 4) is 0 Å². The number of pyridine rings is 1. The molecule has 0 spiro atoms. The number of benzene rings is 1. The lowest BCUT2D eigenvalue weighted by Crippen LogP contribution is -2.57. The van der Waals surface area contributed by atoms with Gasteiger partial charge in [0.25, 0.3) is 0 Å². The van der Waals surface area contributed by atoms with Crippen LogP contribution in [0.4, 0.5) is 10.6 Å². The molecule has 0 bridgehead atoms. The van der Waals surface area contributed by atoms with Gasteiger partial charge in [0.05, 0.1) is 12.6 Å². The average molecular weight is 662 g/mol. The van der Waals surface area contributed by atoms with Crippen molar-refractivity contribution in [3.05, 3.63) is 65.1 Å². The van der Waals surface area contributed by atoms with E-state index in [1.807, 2.05) is 37.3 Å². The smallest absolute Gasteiger partial charge is 0.409 e. The number of fused-ring (bicyclic) bond motifs is 2. The number of alkyl carbamates (subject to hydrolysis) is 1. The largest absolute Gasteiger partial charge is 0.459 e. The number of furan rings is 1. The van der Waals surface area contributed by atoms with Crippen LogP contribution in [0.25, 0.3) is 17.0 Å². The van der Waals surface area contributed by atoms with Crippen LogP contribution in [-0.4, -0.2) is 71.6 Å². The lowest BCUT2D eigenvalue weighted by Gasteiger charge is -2.29. The maximum Gasteiger partial charge on any atom is 0.409 e. The van der Waals surface area contributed by atoms with Crippen LogP contribution in [0, 0.1) is 12.8 Å². The summed E-state index contributed by atoms with van der Waals surface area (Å²) in [5.74, 6) is -0.619. The maximum absolute atomic E-state index is 13.1. The quantitative estimate of drug-likeness (QED) is 0.124. The number of aryl methyl sites for hydroxylation is 2. The number of ether oxygens (including phenoxy) is 2. The topological polar surface area (TPSA) is 160 Å². The number of aromatic nitrogens is 1. The highest BCUT2D eigenvalue weighted by Gasteiger charge is 2.31. The van der Waals surface area contributed by atoms with Gasteiger partial charge in [-0.05, 0) is 69.4 Å². The van der Waals surface area contributed by atoms with Crippen molar-refractivity contribution >= 4 is 53.0 Å². The SMILES string of the molecule is Cc1c(CN(C)C(=O)/C=C/c2cnc3c(c2)CCC(=O)N3COC(=O)[C@@H](NC(=O)OC(C)(C)C)N[C@H](C=O)C(C)C)oc2ccccc12. The van der Waals surface area contributed by atoms with E-state index in [4.69, 9.17) is 13.9 Å². The predicted molar refractivity (Wildman–Crippen MR) is 178 cm³/mol. The Morgan fingerprint density at radius 1 is 1.17 bits per heavy atom. The molecule has 0 aliphatic carbocycles. The number of rotatable bonds is 12. The number of para-hydroxylation sites is 1. The summed E-state index contributed by atoms with van der Waals surface area (Å²) in [5, 5.41) is 6.20. The van der Waals surface area contributed by atoms with Gasteiger partial charge in [-0.2, -0.15) is 0 Å². The molecule has 256 valence electrons. The van der Waals surface area contributed by atoms with Crippen molar-refractivity contribution in [1.29, 1.82) is 0 Å². The fourth-order valence-corrected chi connectivity index (χ4v) is 5.02. The minimum atomic E-state index is -1.43. The van der Waals surface area contributed by atoms with Crippen LogP contribution in [-0.2, 0) is 41.6 Å². The monoisotopic (exact) mass is 661 g/mol. The summed E-state index contributed by atoms with van der Waals surface area (Å²) in [7, 11) is 1.69. The van der Waals surface area contributed by atoms with Crippen molar-refractivity contribution in [2.24, 2.45) is 5.92 Å². The summed E-state index contributed by atoms with van der Waals surface area (Å²) < 4.78 is 16.6. The van der Waals surface area contributed by atoms with E-state index in [1.165, 1.54) is 17.2 Å². The zero-order valence-corrected chi connectivity index (χ0v) is 28.4. The van der Waals surface area contributed by atoms with Crippen LogP contribution < -0.4 is 15.5 Å². The predicted octanol–water partition coefficient (Wildman–Crippen LogP) is 4.25. The van der Waals surface area contributed by atoms with Crippen LogP contribution >= 0.6 is 0 Å². The Kier molecular flexibility index (Phi) is 11.4. The first kappa shape index (κ1) is 35.8. The first-order valence-corrected chi connectivity index (χ1v) is 15.7. The van der Waals surface area contributed by atoms with E-state index in [2.05, 4.69) is 15.6 Å². The molecule has 4 rings (SSSR count). The number of nitrogens with zero attached hydrogens (tertiary/aromatic N) is 3.